The molecule has 4 nitrogen and oxygen atoms in total. The Balaban J connectivity index is 1.75. The summed E-state index contributed by atoms with van der Waals surface area (Å²) < 4.78 is 6.18. The van der Waals surface area contributed by atoms with E-state index in [1.807, 2.05) is 18.2 Å². The SMILES string of the molecule is CCCCCCOc1ccc(Cl)cc1C1C2=C(CCCC2=O)NC2=C1C(=O)CCC2. The maximum atomic E-state index is 13.0. The number of hydrogen-bond donors (Lipinski definition) is 1. The Hall–Kier alpha value is -2.07. The first kappa shape index (κ1) is 21.2. The molecule has 1 aliphatic heterocycles. The summed E-state index contributed by atoms with van der Waals surface area (Å²) in [6.45, 7) is 2.81. The number of hydrogen-bond acceptors (Lipinski definition) is 4. The van der Waals surface area contributed by atoms with Gasteiger partial charge in [0.25, 0.3) is 0 Å². The van der Waals surface area contributed by atoms with Gasteiger partial charge in [0.15, 0.2) is 11.6 Å². The zero-order valence-electron chi connectivity index (χ0n) is 17.7. The van der Waals surface area contributed by atoms with Gasteiger partial charge >= 0.3 is 0 Å². The predicted octanol–water partition coefficient (Wildman–Crippen LogP) is 6.00. The summed E-state index contributed by atoms with van der Waals surface area (Å²) in [5, 5.41) is 4.06. The van der Waals surface area contributed by atoms with Crippen LogP contribution in [0.2, 0.25) is 5.02 Å². The molecule has 0 saturated heterocycles. The van der Waals surface area contributed by atoms with Crippen molar-refractivity contribution >= 4 is 23.2 Å². The molecule has 160 valence electrons. The number of nitrogens with one attached hydrogen (secondary N) is 1. The van der Waals surface area contributed by atoms with Crippen molar-refractivity contribution in [1.29, 1.82) is 0 Å². The van der Waals surface area contributed by atoms with Gasteiger partial charge in [0, 0.05) is 51.9 Å². The molecular formula is C25H30ClNO3. The smallest absolute Gasteiger partial charge is 0.161 e. The third kappa shape index (κ3) is 4.20. The van der Waals surface area contributed by atoms with Gasteiger partial charge in [-0.1, -0.05) is 37.8 Å². The lowest BCUT2D eigenvalue weighted by molar-refractivity contribution is -0.116. The van der Waals surface area contributed by atoms with E-state index in [9.17, 15) is 9.59 Å². The van der Waals surface area contributed by atoms with E-state index in [2.05, 4.69) is 12.2 Å². The number of rotatable bonds is 7. The van der Waals surface area contributed by atoms with Gasteiger partial charge in [-0.3, -0.25) is 9.59 Å². The number of halogens is 1. The van der Waals surface area contributed by atoms with Crippen molar-refractivity contribution in [3.63, 3.8) is 0 Å². The van der Waals surface area contributed by atoms with Gasteiger partial charge in [0.2, 0.25) is 0 Å². The van der Waals surface area contributed by atoms with Crippen molar-refractivity contribution in [2.75, 3.05) is 6.61 Å². The average Bonchev–Trinajstić information content (AvgIpc) is 2.73. The molecule has 0 spiro atoms. The maximum absolute atomic E-state index is 13.0. The predicted molar refractivity (Wildman–Crippen MR) is 119 cm³/mol. The molecule has 3 aliphatic rings. The highest BCUT2D eigenvalue weighted by Gasteiger charge is 2.41. The Morgan fingerprint density at radius 1 is 0.967 bits per heavy atom. The van der Waals surface area contributed by atoms with E-state index in [1.54, 1.807) is 0 Å². The van der Waals surface area contributed by atoms with E-state index < -0.39 is 0 Å². The summed E-state index contributed by atoms with van der Waals surface area (Å²) in [5.41, 5.74) is 4.31. The second kappa shape index (κ2) is 9.38. The Morgan fingerprint density at radius 3 is 2.27 bits per heavy atom. The molecule has 1 aromatic rings. The van der Waals surface area contributed by atoms with E-state index in [4.69, 9.17) is 16.3 Å². The molecule has 1 N–H and O–H groups in total. The van der Waals surface area contributed by atoms with Crippen LogP contribution in [0.1, 0.15) is 82.6 Å². The monoisotopic (exact) mass is 427 g/mol. The van der Waals surface area contributed by atoms with Crippen LogP contribution in [0.3, 0.4) is 0 Å². The fourth-order valence-electron chi connectivity index (χ4n) is 4.88. The number of carbonyl (C=O) groups excluding carboxylic acids is 2. The van der Waals surface area contributed by atoms with Gasteiger partial charge in [-0.15, -0.1) is 0 Å². The second-order valence-electron chi connectivity index (χ2n) is 8.49. The van der Waals surface area contributed by atoms with Gasteiger partial charge in [0.05, 0.1) is 6.61 Å². The highest BCUT2D eigenvalue weighted by atomic mass is 35.5. The molecule has 0 atom stereocenters. The minimum absolute atomic E-state index is 0.132. The molecule has 2 aliphatic carbocycles. The lowest BCUT2D eigenvalue weighted by Crippen LogP contribution is -2.36. The maximum Gasteiger partial charge on any atom is 0.161 e. The second-order valence-corrected chi connectivity index (χ2v) is 8.92. The third-order valence-electron chi connectivity index (χ3n) is 6.33. The van der Waals surface area contributed by atoms with Crippen LogP contribution >= 0.6 is 11.6 Å². The molecule has 0 amide bonds. The van der Waals surface area contributed by atoms with Crippen molar-refractivity contribution in [3.8, 4) is 5.75 Å². The molecule has 0 saturated carbocycles. The van der Waals surface area contributed by atoms with Gasteiger partial charge in [-0.05, 0) is 50.3 Å². The van der Waals surface area contributed by atoms with Crippen molar-refractivity contribution in [1.82, 2.24) is 5.32 Å². The summed E-state index contributed by atoms with van der Waals surface area (Å²) in [6.07, 6.45) is 8.95. The summed E-state index contributed by atoms with van der Waals surface area (Å²) in [7, 11) is 0. The van der Waals surface area contributed by atoms with Crippen LogP contribution in [0.5, 0.6) is 5.75 Å². The normalized spacial score (nSPS) is 19.5. The molecule has 5 heteroatoms. The number of benzene rings is 1. The topological polar surface area (TPSA) is 55.4 Å². The Morgan fingerprint density at radius 2 is 1.63 bits per heavy atom. The number of dihydropyridines is 1. The summed E-state index contributed by atoms with van der Waals surface area (Å²) in [4.78, 5) is 26.0. The Bertz CT molecular complexity index is 873. The highest BCUT2D eigenvalue weighted by Crippen LogP contribution is 2.48. The molecule has 1 heterocycles. The fraction of sp³-hybridized carbons (Fsp3) is 0.520. The van der Waals surface area contributed by atoms with Crippen molar-refractivity contribution in [2.45, 2.75) is 77.0 Å². The molecule has 0 unspecified atom stereocenters. The van der Waals surface area contributed by atoms with Crippen molar-refractivity contribution < 1.29 is 14.3 Å². The zero-order chi connectivity index (χ0) is 21.1. The number of ketones is 2. The largest absolute Gasteiger partial charge is 0.493 e. The quantitative estimate of drug-likeness (QED) is 0.542. The molecule has 4 rings (SSSR count). The Labute approximate surface area is 183 Å². The number of allylic oxidation sites excluding steroid dienone is 4. The summed E-state index contributed by atoms with van der Waals surface area (Å²) in [6, 6.07) is 5.60. The highest BCUT2D eigenvalue weighted by molar-refractivity contribution is 6.30. The van der Waals surface area contributed by atoms with Crippen LogP contribution in [0.15, 0.2) is 40.7 Å². The van der Waals surface area contributed by atoms with Crippen LogP contribution in [0.25, 0.3) is 0 Å². The Kier molecular flexibility index (Phi) is 6.62. The van der Waals surface area contributed by atoms with Crippen LogP contribution in [0.4, 0.5) is 0 Å². The van der Waals surface area contributed by atoms with Gasteiger partial charge in [-0.2, -0.15) is 0 Å². The number of unbranched alkanes of at least 4 members (excludes halogenated alkanes) is 3. The summed E-state index contributed by atoms with van der Waals surface area (Å²) in [5.74, 6) is 0.625. The van der Waals surface area contributed by atoms with E-state index in [0.29, 0.717) is 24.5 Å². The first-order valence-electron chi connectivity index (χ1n) is 11.3. The van der Waals surface area contributed by atoms with E-state index in [1.165, 1.54) is 12.8 Å². The standard InChI is InChI=1S/C25H30ClNO3/c1-2-3-4-5-14-30-22-13-12-16(26)15-17(22)23-24-18(8-6-10-20(24)28)27-19-9-7-11-21(29)25(19)23/h12-13,15,23,27H,2-11,14H2,1H3. The lowest BCUT2D eigenvalue weighted by Gasteiger charge is -2.37. The van der Waals surface area contributed by atoms with Crippen LogP contribution in [-0.4, -0.2) is 18.2 Å². The third-order valence-corrected chi connectivity index (χ3v) is 6.56. The number of carbonyl (C=O) groups is 2. The first-order chi connectivity index (χ1) is 14.6. The first-order valence-corrected chi connectivity index (χ1v) is 11.7. The molecular weight excluding hydrogens is 398 g/mol. The minimum Gasteiger partial charge on any atom is -0.493 e. The van der Waals surface area contributed by atoms with Gasteiger partial charge < -0.3 is 10.1 Å². The molecule has 0 aromatic heterocycles. The number of ether oxygens (including phenoxy) is 1. The number of Topliss-reactive ketones (excluding diaryl/α,β-unsaturated/α-hetero) is 2. The minimum atomic E-state index is -0.374. The van der Waals surface area contributed by atoms with Crippen molar-refractivity contribution in [2.24, 2.45) is 0 Å². The average molecular weight is 428 g/mol. The molecule has 0 radical (unpaired) electrons. The summed E-state index contributed by atoms with van der Waals surface area (Å²) >= 11 is 6.39. The van der Waals surface area contributed by atoms with Crippen molar-refractivity contribution in [3.05, 3.63) is 51.3 Å². The van der Waals surface area contributed by atoms with Crippen LogP contribution < -0.4 is 10.1 Å². The fourth-order valence-corrected chi connectivity index (χ4v) is 5.06. The van der Waals surface area contributed by atoms with E-state index in [-0.39, 0.29) is 17.5 Å². The van der Waals surface area contributed by atoms with Crippen LogP contribution in [-0.2, 0) is 9.59 Å². The van der Waals surface area contributed by atoms with Gasteiger partial charge in [0.1, 0.15) is 5.75 Å². The van der Waals surface area contributed by atoms with E-state index >= 15 is 0 Å². The zero-order valence-corrected chi connectivity index (χ0v) is 18.4. The molecule has 1 aromatic carbocycles. The van der Waals surface area contributed by atoms with Gasteiger partial charge in [-0.25, -0.2) is 0 Å². The molecule has 0 bridgehead atoms. The molecule has 30 heavy (non-hydrogen) atoms. The van der Waals surface area contributed by atoms with Crippen LogP contribution in [0, 0.1) is 0 Å². The molecule has 0 fully saturated rings. The lowest BCUT2D eigenvalue weighted by atomic mass is 9.71. The van der Waals surface area contributed by atoms with E-state index in [0.717, 1.165) is 72.4 Å².